The molecule has 0 fully saturated rings. The van der Waals surface area contributed by atoms with Gasteiger partial charge in [-0.1, -0.05) is 23.7 Å². The number of amides is 4. The number of hydrogen-bond acceptors (Lipinski definition) is 2. The highest BCUT2D eigenvalue weighted by Gasteiger charge is 2.31. The Morgan fingerprint density at radius 1 is 0.600 bits per heavy atom. The van der Waals surface area contributed by atoms with Gasteiger partial charge in [-0.05, 0) is 54.6 Å². The molecular weight excluding hydrogens is 502 g/mol. The summed E-state index contributed by atoms with van der Waals surface area (Å²) >= 11 is 6.09. The van der Waals surface area contributed by atoms with Crippen LogP contribution in [0.5, 0.6) is 0 Å². The lowest BCUT2D eigenvalue weighted by Gasteiger charge is -2.13. The van der Waals surface area contributed by atoms with Crippen molar-refractivity contribution >= 4 is 46.4 Å². The van der Waals surface area contributed by atoms with Crippen LogP contribution >= 0.6 is 11.6 Å². The molecule has 4 N–H and O–H groups in total. The molecule has 13 heteroatoms. The number of rotatable bonds is 4. The highest BCUT2D eigenvalue weighted by atomic mass is 35.5. The number of urea groups is 2. The van der Waals surface area contributed by atoms with Gasteiger partial charge in [0.15, 0.2) is 0 Å². The van der Waals surface area contributed by atoms with E-state index in [0.29, 0.717) is 0 Å². The molecule has 0 saturated heterocycles. The molecule has 0 spiro atoms. The zero-order chi connectivity index (χ0) is 25.8. The van der Waals surface area contributed by atoms with Crippen molar-refractivity contribution in [3.63, 3.8) is 0 Å². The van der Waals surface area contributed by atoms with E-state index < -0.39 is 35.5 Å². The SMILES string of the molecule is O=C(Nc1cccc(C(F)(F)F)c1)Nc1ccc(NC(=O)Nc2cccc(C(F)(F)F)c2)c(Cl)c1. The van der Waals surface area contributed by atoms with Gasteiger partial charge in [0.05, 0.1) is 21.8 Å². The molecule has 0 aliphatic heterocycles. The number of carbonyl (C=O) groups is 2. The van der Waals surface area contributed by atoms with Crippen LogP contribution < -0.4 is 21.3 Å². The third kappa shape index (κ3) is 7.27. The molecule has 0 heterocycles. The van der Waals surface area contributed by atoms with E-state index in [2.05, 4.69) is 21.3 Å². The molecular formula is C22H15ClF6N4O2. The Bertz CT molecular complexity index is 1250. The van der Waals surface area contributed by atoms with Crippen molar-refractivity contribution in [3.05, 3.63) is 82.9 Å². The van der Waals surface area contributed by atoms with Crippen LogP contribution in [0.3, 0.4) is 0 Å². The highest BCUT2D eigenvalue weighted by Crippen LogP contribution is 2.32. The van der Waals surface area contributed by atoms with Gasteiger partial charge in [-0.3, -0.25) is 0 Å². The summed E-state index contributed by atoms with van der Waals surface area (Å²) in [5.41, 5.74) is -1.82. The number of nitrogens with one attached hydrogen (secondary N) is 4. The first-order valence-electron chi connectivity index (χ1n) is 9.61. The molecule has 3 rings (SSSR count). The molecule has 0 aromatic heterocycles. The minimum absolute atomic E-state index is 0.0268. The molecule has 0 aliphatic rings. The molecule has 4 amide bonds. The number of anilines is 4. The summed E-state index contributed by atoms with van der Waals surface area (Å²) in [7, 11) is 0. The molecule has 6 nitrogen and oxygen atoms in total. The molecule has 0 unspecified atom stereocenters. The zero-order valence-corrected chi connectivity index (χ0v) is 18.1. The summed E-state index contributed by atoms with van der Waals surface area (Å²) in [6, 6.07) is 10.3. The van der Waals surface area contributed by atoms with Crippen LogP contribution in [0, 0.1) is 0 Å². The Morgan fingerprint density at radius 2 is 1.03 bits per heavy atom. The van der Waals surface area contributed by atoms with Crippen LogP contribution in [0.25, 0.3) is 0 Å². The fourth-order valence-corrected chi connectivity index (χ4v) is 3.05. The molecule has 0 saturated carbocycles. The third-order valence-corrected chi connectivity index (χ3v) is 4.68. The predicted octanol–water partition coefficient (Wildman–Crippen LogP) is 7.67. The molecule has 35 heavy (non-hydrogen) atoms. The summed E-state index contributed by atoms with van der Waals surface area (Å²) in [5.74, 6) is 0. The Kier molecular flexibility index (Phi) is 7.44. The monoisotopic (exact) mass is 516 g/mol. The van der Waals surface area contributed by atoms with Gasteiger partial charge >= 0.3 is 24.4 Å². The maximum Gasteiger partial charge on any atom is 0.416 e. The molecule has 0 radical (unpaired) electrons. The van der Waals surface area contributed by atoms with Gasteiger partial charge in [0.25, 0.3) is 0 Å². The van der Waals surface area contributed by atoms with E-state index in [1.165, 1.54) is 30.3 Å². The van der Waals surface area contributed by atoms with E-state index in [1.807, 2.05) is 0 Å². The molecule has 0 atom stereocenters. The first kappa shape index (κ1) is 25.7. The van der Waals surface area contributed by atoms with Crippen LogP contribution in [-0.4, -0.2) is 12.1 Å². The second-order valence-corrected chi connectivity index (χ2v) is 7.42. The molecule has 3 aromatic rings. The second kappa shape index (κ2) is 10.1. The topological polar surface area (TPSA) is 82.3 Å². The summed E-state index contributed by atoms with van der Waals surface area (Å²) in [6.07, 6.45) is -9.15. The average Bonchev–Trinajstić information content (AvgIpc) is 2.75. The van der Waals surface area contributed by atoms with Gasteiger partial charge in [0.1, 0.15) is 0 Å². The Hall–Kier alpha value is -3.93. The number of halogens is 7. The predicted molar refractivity (Wildman–Crippen MR) is 120 cm³/mol. The highest BCUT2D eigenvalue weighted by molar-refractivity contribution is 6.34. The summed E-state index contributed by atoms with van der Waals surface area (Å²) in [6.45, 7) is 0. The quantitative estimate of drug-likeness (QED) is 0.268. The first-order valence-corrected chi connectivity index (χ1v) is 9.99. The van der Waals surface area contributed by atoms with Crippen LogP contribution in [-0.2, 0) is 12.4 Å². The number of carbonyl (C=O) groups excluding carboxylic acids is 2. The second-order valence-electron chi connectivity index (χ2n) is 7.01. The number of benzene rings is 3. The Morgan fingerprint density at radius 3 is 1.46 bits per heavy atom. The van der Waals surface area contributed by atoms with Crippen molar-refractivity contribution in [2.45, 2.75) is 12.4 Å². The summed E-state index contributed by atoms with van der Waals surface area (Å²) in [4.78, 5) is 24.2. The standard InChI is InChI=1S/C22H15ClF6N4O2/c23-17-11-16(32-19(34)30-14-5-1-3-12(9-14)21(24,25)26)7-8-18(17)33-20(35)31-15-6-2-4-13(10-15)22(27,28)29/h1-11H,(H2,30,32,34)(H2,31,33,35). The van der Waals surface area contributed by atoms with Crippen molar-refractivity contribution in [3.8, 4) is 0 Å². The van der Waals surface area contributed by atoms with Gasteiger partial charge in [0, 0.05) is 17.1 Å². The summed E-state index contributed by atoms with van der Waals surface area (Å²) in [5, 5.41) is 9.22. The average molecular weight is 517 g/mol. The zero-order valence-electron chi connectivity index (χ0n) is 17.3. The van der Waals surface area contributed by atoms with Gasteiger partial charge < -0.3 is 21.3 Å². The van der Waals surface area contributed by atoms with Crippen molar-refractivity contribution in [2.75, 3.05) is 21.3 Å². The number of hydrogen-bond donors (Lipinski definition) is 4. The van der Waals surface area contributed by atoms with E-state index in [9.17, 15) is 35.9 Å². The minimum atomic E-state index is -4.58. The smallest absolute Gasteiger partial charge is 0.308 e. The van der Waals surface area contributed by atoms with E-state index >= 15 is 0 Å². The molecule has 184 valence electrons. The fraction of sp³-hybridized carbons (Fsp3) is 0.0909. The normalized spacial score (nSPS) is 11.5. The van der Waals surface area contributed by atoms with Gasteiger partial charge in [0.2, 0.25) is 0 Å². The Labute approximate surface area is 199 Å². The minimum Gasteiger partial charge on any atom is -0.308 e. The van der Waals surface area contributed by atoms with Crippen LogP contribution in [0.1, 0.15) is 11.1 Å². The van der Waals surface area contributed by atoms with E-state index in [4.69, 9.17) is 11.6 Å². The van der Waals surface area contributed by atoms with Crippen molar-refractivity contribution in [1.82, 2.24) is 0 Å². The van der Waals surface area contributed by atoms with E-state index in [1.54, 1.807) is 0 Å². The van der Waals surface area contributed by atoms with Gasteiger partial charge in [-0.25, -0.2) is 9.59 Å². The molecule has 0 aliphatic carbocycles. The van der Waals surface area contributed by atoms with E-state index in [0.717, 1.165) is 36.4 Å². The largest absolute Gasteiger partial charge is 0.416 e. The van der Waals surface area contributed by atoms with Crippen molar-refractivity contribution < 1.29 is 35.9 Å². The lowest BCUT2D eigenvalue weighted by molar-refractivity contribution is -0.138. The lowest BCUT2D eigenvalue weighted by atomic mass is 10.2. The van der Waals surface area contributed by atoms with Crippen LogP contribution in [0.15, 0.2) is 66.7 Å². The van der Waals surface area contributed by atoms with Crippen LogP contribution in [0.2, 0.25) is 5.02 Å². The van der Waals surface area contributed by atoms with Crippen LogP contribution in [0.4, 0.5) is 58.7 Å². The third-order valence-electron chi connectivity index (χ3n) is 4.37. The van der Waals surface area contributed by atoms with Gasteiger partial charge in [-0.2, -0.15) is 26.3 Å². The first-order chi connectivity index (χ1) is 16.3. The maximum atomic E-state index is 12.8. The fourth-order valence-electron chi connectivity index (χ4n) is 2.82. The number of alkyl halides is 6. The maximum absolute atomic E-state index is 12.8. The van der Waals surface area contributed by atoms with Crippen molar-refractivity contribution in [2.24, 2.45) is 0 Å². The summed E-state index contributed by atoms with van der Waals surface area (Å²) < 4.78 is 76.8. The molecule has 3 aromatic carbocycles. The Balaban J connectivity index is 1.60. The van der Waals surface area contributed by atoms with Gasteiger partial charge in [-0.15, -0.1) is 0 Å². The van der Waals surface area contributed by atoms with E-state index in [-0.39, 0.29) is 27.8 Å². The molecule has 0 bridgehead atoms. The lowest BCUT2D eigenvalue weighted by Crippen LogP contribution is -2.21. The van der Waals surface area contributed by atoms with Crippen molar-refractivity contribution in [1.29, 1.82) is 0 Å².